The fourth-order valence-electron chi connectivity index (χ4n) is 3.67. The highest BCUT2D eigenvalue weighted by molar-refractivity contribution is 5.92. The molecule has 3 aromatic rings. The summed E-state index contributed by atoms with van der Waals surface area (Å²) in [6.07, 6.45) is -1.38. The molecule has 0 radical (unpaired) electrons. The third kappa shape index (κ3) is 4.73. The summed E-state index contributed by atoms with van der Waals surface area (Å²) in [6, 6.07) is 8.30. The molecule has 3 heterocycles. The molecule has 0 bridgehead atoms. The highest BCUT2D eigenvalue weighted by atomic mass is 19.4. The maximum atomic E-state index is 12.6. The minimum absolute atomic E-state index is 0.0387. The molecule has 1 aliphatic heterocycles. The van der Waals surface area contributed by atoms with Gasteiger partial charge in [0.05, 0.1) is 17.9 Å². The van der Waals surface area contributed by atoms with Gasteiger partial charge in [-0.05, 0) is 42.8 Å². The Kier molecular flexibility index (Phi) is 5.71. The number of nitrogens with one attached hydrogen (secondary N) is 1. The number of nitrogens with zero attached hydrogens (tertiary/aromatic N) is 4. The molecule has 7 nitrogen and oxygen atoms in total. The van der Waals surface area contributed by atoms with Crippen LogP contribution in [0.3, 0.4) is 0 Å². The first kappa shape index (κ1) is 21.0. The van der Waals surface area contributed by atoms with Crippen molar-refractivity contribution >= 4 is 5.91 Å². The number of ether oxygens (including phenoxy) is 1. The summed E-state index contributed by atoms with van der Waals surface area (Å²) < 4.78 is 44.9. The maximum absolute atomic E-state index is 12.6. The number of H-pyrrole nitrogens is 1. The Bertz CT molecular complexity index is 1040. The summed E-state index contributed by atoms with van der Waals surface area (Å²) in [5.41, 5.74) is 1.62. The van der Waals surface area contributed by atoms with Crippen LogP contribution in [0.1, 0.15) is 39.8 Å². The highest BCUT2D eigenvalue weighted by Crippen LogP contribution is 2.30. The lowest BCUT2D eigenvalue weighted by atomic mass is 10.0. The monoisotopic (exact) mass is 433 g/mol. The van der Waals surface area contributed by atoms with Crippen LogP contribution in [-0.2, 0) is 19.6 Å². The zero-order valence-electron chi connectivity index (χ0n) is 16.9. The standard InChI is InChI=1S/C21H22F3N5O2/c1-28-19(6-9-25-28)20(30)29-10-7-14(13-29)18-12-16(26-27-18)8-11-31-17-4-2-15(3-5-17)21(22,23)24/h2-6,9,12,14H,7-8,10-11,13H2,1H3,(H,26,27). The normalized spacial score (nSPS) is 16.6. The molecule has 1 atom stereocenters. The molecule has 10 heteroatoms. The molecule has 2 aromatic heterocycles. The van der Waals surface area contributed by atoms with Crippen LogP contribution in [-0.4, -0.2) is 50.5 Å². The van der Waals surface area contributed by atoms with E-state index in [9.17, 15) is 18.0 Å². The lowest BCUT2D eigenvalue weighted by Gasteiger charge is -2.15. The quantitative estimate of drug-likeness (QED) is 0.647. The first-order chi connectivity index (χ1) is 14.8. The van der Waals surface area contributed by atoms with E-state index in [2.05, 4.69) is 15.3 Å². The highest BCUT2D eigenvalue weighted by Gasteiger charge is 2.31. The fourth-order valence-corrected chi connectivity index (χ4v) is 3.67. The van der Waals surface area contributed by atoms with Crippen LogP contribution in [0.15, 0.2) is 42.6 Å². The average Bonchev–Trinajstić information content (AvgIpc) is 3.48. The zero-order valence-corrected chi connectivity index (χ0v) is 16.9. The summed E-state index contributed by atoms with van der Waals surface area (Å²) in [7, 11) is 1.74. The largest absolute Gasteiger partial charge is 0.493 e. The predicted octanol–water partition coefficient (Wildman–Crippen LogP) is 3.41. The van der Waals surface area contributed by atoms with Crippen LogP contribution >= 0.6 is 0 Å². The summed E-state index contributed by atoms with van der Waals surface area (Å²) in [4.78, 5) is 14.4. The Morgan fingerprint density at radius 1 is 1.26 bits per heavy atom. The van der Waals surface area contributed by atoms with E-state index in [-0.39, 0.29) is 11.8 Å². The smallest absolute Gasteiger partial charge is 0.416 e. The van der Waals surface area contributed by atoms with Crippen molar-refractivity contribution in [1.82, 2.24) is 24.9 Å². The van der Waals surface area contributed by atoms with Crippen LogP contribution in [0.4, 0.5) is 13.2 Å². The molecule has 0 saturated carbocycles. The van der Waals surface area contributed by atoms with Crippen LogP contribution in [0.25, 0.3) is 0 Å². The van der Waals surface area contributed by atoms with E-state index in [0.29, 0.717) is 37.6 Å². The molecule has 1 unspecified atom stereocenters. The van der Waals surface area contributed by atoms with Crippen molar-refractivity contribution in [2.45, 2.75) is 24.9 Å². The molecule has 4 rings (SSSR count). The van der Waals surface area contributed by atoms with E-state index in [1.165, 1.54) is 12.1 Å². The number of aryl methyl sites for hydroxylation is 1. The van der Waals surface area contributed by atoms with Gasteiger partial charge in [-0.25, -0.2) is 0 Å². The first-order valence-corrected chi connectivity index (χ1v) is 9.93. The fraction of sp³-hybridized carbons (Fsp3) is 0.381. The summed E-state index contributed by atoms with van der Waals surface area (Å²) >= 11 is 0. The molecule has 1 aromatic carbocycles. The maximum Gasteiger partial charge on any atom is 0.416 e. The van der Waals surface area contributed by atoms with Gasteiger partial charge in [-0.1, -0.05) is 0 Å². The molecule has 1 fully saturated rings. The topological polar surface area (TPSA) is 76.0 Å². The number of amides is 1. The molecule has 31 heavy (non-hydrogen) atoms. The SMILES string of the molecule is Cn1nccc1C(=O)N1CCC(c2cc(CCOc3ccc(C(F)(F)F)cc3)[nH]n2)C1. The van der Waals surface area contributed by atoms with E-state index in [1.54, 1.807) is 24.0 Å². The van der Waals surface area contributed by atoms with E-state index >= 15 is 0 Å². The molecule has 164 valence electrons. The van der Waals surface area contributed by atoms with Gasteiger partial charge in [0.25, 0.3) is 5.91 Å². The third-order valence-corrected chi connectivity index (χ3v) is 5.41. The van der Waals surface area contributed by atoms with Crippen molar-refractivity contribution in [2.75, 3.05) is 19.7 Å². The summed E-state index contributed by atoms with van der Waals surface area (Å²) in [5.74, 6) is 0.495. The second-order valence-electron chi connectivity index (χ2n) is 7.52. The van der Waals surface area contributed by atoms with Gasteiger partial charge >= 0.3 is 6.18 Å². The van der Waals surface area contributed by atoms with Crippen LogP contribution < -0.4 is 4.74 Å². The number of rotatable bonds is 6. The number of aromatic amines is 1. The Balaban J connectivity index is 1.28. The Morgan fingerprint density at radius 3 is 2.71 bits per heavy atom. The minimum Gasteiger partial charge on any atom is -0.493 e. The number of carbonyl (C=O) groups excluding carboxylic acids is 1. The molecule has 1 aliphatic rings. The van der Waals surface area contributed by atoms with E-state index < -0.39 is 11.7 Å². The molecule has 0 aliphatic carbocycles. The van der Waals surface area contributed by atoms with E-state index in [1.807, 2.05) is 11.0 Å². The van der Waals surface area contributed by atoms with Crippen LogP contribution in [0.5, 0.6) is 5.75 Å². The molecule has 1 saturated heterocycles. The second kappa shape index (κ2) is 8.44. The summed E-state index contributed by atoms with van der Waals surface area (Å²) in [6.45, 7) is 1.56. The van der Waals surface area contributed by atoms with Crippen molar-refractivity contribution in [3.05, 3.63) is 65.2 Å². The molecular formula is C21H22F3N5O2. The van der Waals surface area contributed by atoms with Crippen molar-refractivity contribution in [2.24, 2.45) is 7.05 Å². The van der Waals surface area contributed by atoms with Gasteiger partial charge in [0.2, 0.25) is 0 Å². The first-order valence-electron chi connectivity index (χ1n) is 9.93. The third-order valence-electron chi connectivity index (χ3n) is 5.41. The molecule has 0 spiro atoms. The number of benzene rings is 1. The molecular weight excluding hydrogens is 411 g/mol. The second-order valence-corrected chi connectivity index (χ2v) is 7.52. The number of aromatic nitrogens is 4. The lowest BCUT2D eigenvalue weighted by molar-refractivity contribution is -0.137. The van der Waals surface area contributed by atoms with Gasteiger partial charge in [-0.2, -0.15) is 23.4 Å². The lowest BCUT2D eigenvalue weighted by Crippen LogP contribution is -2.30. The van der Waals surface area contributed by atoms with Crippen molar-refractivity contribution in [3.8, 4) is 5.75 Å². The Hall–Kier alpha value is -3.30. The van der Waals surface area contributed by atoms with Crippen LogP contribution in [0, 0.1) is 0 Å². The van der Waals surface area contributed by atoms with Gasteiger partial charge in [0, 0.05) is 44.4 Å². The Morgan fingerprint density at radius 2 is 2.03 bits per heavy atom. The Labute approximate surface area is 176 Å². The average molecular weight is 433 g/mol. The molecule has 1 N–H and O–H groups in total. The number of hydrogen-bond donors (Lipinski definition) is 1. The van der Waals surface area contributed by atoms with E-state index in [4.69, 9.17) is 4.74 Å². The zero-order chi connectivity index (χ0) is 22.0. The van der Waals surface area contributed by atoms with Gasteiger partial charge in [-0.15, -0.1) is 0 Å². The van der Waals surface area contributed by atoms with Gasteiger partial charge in [-0.3, -0.25) is 14.6 Å². The van der Waals surface area contributed by atoms with Gasteiger partial charge in [0.1, 0.15) is 11.4 Å². The van der Waals surface area contributed by atoms with Gasteiger partial charge < -0.3 is 9.64 Å². The van der Waals surface area contributed by atoms with Crippen molar-refractivity contribution in [3.63, 3.8) is 0 Å². The minimum atomic E-state index is -4.36. The number of likely N-dealkylation sites (tertiary alicyclic amines) is 1. The summed E-state index contributed by atoms with van der Waals surface area (Å²) in [5, 5.41) is 11.4. The van der Waals surface area contributed by atoms with Gasteiger partial charge in [0.15, 0.2) is 0 Å². The van der Waals surface area contributed by atoms with Crippen molar-refractivity contribution < 1.29 is 22.7 Å². The van der Waals surface area contributed by atoms with Crippen molar-refractivity contribution in [1.29, 1.82) is 0 Å². The number of hydrogen-bond acceptors (Lipinski definition) is 4. The number of halogens is 3. The molecule has 1 amide bonds. The van der Waals surface area contributed by atoms with Crippen LogP contribution in [0.2, 0.25) is 0 Å². The number of carbonyl (C=O) groups is 1. The number of alkyl halides is 3. The predicted molar refractivity (Wildman–Crippen MR) is 106 cm³/mol. The van der Waals surface area contributed by atoms with E-state index in [0.717, 1.165) is 29.9 Å².